The fraction of sp³-hybridized carbons (Fsp3) is 0.455. The Hall–Kier alpha value is -1.76. The SMILES string of the molecule is CC(C)Oc1ccc(C(C)(C)c2ccc(C(C)(C)C)cc2)cc1. The van der Waals surface area contributed by atoms with Gasteiger partial charge in [-0.15, -0.1) is 0 Å². The van der Waals surface area contributed by atoms with E-state index < -0.39 is 0 Å². The van der Waals surface area contributed by atoms with Crippen molar-refractivity contribution in [1.29, 1.82) is 0 Å². The van der Waals surface area contributed by atoms with Crippen molar-refractivity contribution >= 4 is 0 Å². The van der Waals surface area contributed by atoms with E-state index in [1.54, 1.807) is 0 Å². The topological polar surface area (TPSA) is 9.23 Å². The minimum Gasteiger partial charge on any atom is -0.491 e. The van der Waals surface area contributed by atoms with Crippen molar-refractivity contribution in [3.8, 4) is 5.75 Å². The third-order valence-electron chi connectivity index (χ3n) is 4.42. The monoisotopic (exact) mass is 310 g/mol. The van der Waals surface area contributed by atoms with Crippen LogP contribution in [0.15, 0.2) is 48.5 Å². The molecule has 1 heteroatoms. The van der Waals surface area contributed by atoms with Crippen LogP contribution in [0.1, 0.15) is 65.2 Å². The summed E-state index contributed by atoms with van der Waals surface area (Å²) < 4.78 is 5.74. The van der Waals surface area contributed by atoms with Gasteiger partial charge in [-0.25, -0.2) is 0 Å². The molecule has 0 atom stereocenters. The second-order valence-corrected chi connectivity index (χ2v) is 8.14. The molecule has 0 aliphatic carbocycles. The average molecular weight is 310 g/mol. The van der Waals surface area contributed by atoms with E-state index >= 15 is 0 Å². The lowest BCUT2D eigenvalue weighted by Crippen LogP contribution is -2.19. The minimum atomic E-state index is -0.0211. The quantitative estimate of drug-likeness (QED) is 0.663. The summed E-state index contributed by atoms with van der Waals surface area (Å²) in [6, 6.07) is 17.5. The summed E-state index contributed by atoms with van der Waals surface area (Å²) >= 11 is 0. The first kappa shape index (κ1) is 17.6. The lowest BCUT2D eigenvalue weighted by Gasteiger charge is -2.28. The van der Waals surface area contributed by atoms with E-state index in [-0.39, 0.29) is 16.9 Å². The Morgan fingerprint density at radius 3 is 1.43 bits per heavy atom. The summed E-state index contributed by atoms with van der Waals surface area (Å²) in [5.41, 5.74) is 4.18. The van der Waals surface area contributed by atoms with Crippen molar-refractivity contribution in [3.63, 3.8) is 0 Å². The van der Waals surface area contributed by atoms with Crippen LogP contribution in [0.5, 0.6) is 5.75 Å². The normalized spacial score (nSPS) is 12.5. The molecule has 2 aromatic carbocycles. The zero-order chi connectivity index (χ0) is 17.3. The number of rotatable bonds is 4. The molecule has 1 nitrogen and oxygen atoms in total. The zero-order valence-corrected chi connectivity index (χ0v) is 15.6. The molecule has 0 bridgehead atoms. The number of benzene rings is 2. The standard InChI is InChI=1S/C22H30O/c1-16(2)23-20-14-12-19(13-15-20)22(6,7)18-10-8-17(9-11-18)21(3,4)5/h8-16H,1-7H3. The van der Waals surface area contributed by atoms with Crippen molar-refractivity contribution < 1.29 is 4.74 Å². The molecule has 0 radical (unpaired) electrons. The Labute approximate surface area is 141 Å². The number of ether oxygens (including phenoxy) is 1. The highest BCUT2D eigenvalue weighted by atomic mass is 16.5. The van der Waals surface area contributed by atoms with Gasteiger partial charge < -0.3 is 4.74 Å². The largest absolute Gasteiger partial charge is 0.491 e. The van der Waals surface area contributed by atoms with Crippen LogP contribution in [0, 0.1) is 0 Å². The van der Waals surface area contributed by atoms with E-state index in [4.69, 9.17) is 4.74 Å². The summed E-state index contributed by atoms with van der Waals surface area (Å²) in [6.45, 7) is 15.4. The van der Waals surface area contributed by atoms with Gasteiger partial charge in [0.25, 0.3) is 0 Å². The van der Waals surface area contributed by atoms with E-state index in [0.717, 1.165) is 5.75 Å². The molecular weight excluding hydrogens is 280 g/mol. The fourth-order valence-corrected chi connectivity index (χ4v) is 2.78. The lowest BCUT2D eigenvalue weighted by atomic mass is 9.77. The Bertz CT molecular complexity index is 625. The van der Waals surface area contributed by atoms with Crippen LogP contribution in [-0.2, 0) is 10.8 Å². The van der Waals surface area contributed by atoms with Gasteiger partial charge in [0, 0.05) is 5.41 Å². The van der Waals surface area contributed by atoms with E-state index in [9.17, 15) is 0 Å². The Kier molecular flexibility index (Phi) is 4.89. The van der Waals surface area contributed by atoms with Gasteiger partial charge in [0.05, 0.1) is 6.10 Å². The van der Waals surface area contributed by atoms with E-state index in [0.29, 0.717) is 0 Å². The molecule has 23 heavy (non-hydrogen) atoms. The molecule has 0 saturated carbocycles. The van der Waals surface area contributed by atoms with Crippen LogP contribution in [0.3, 0.4) is 0 Å². The molecule has 0 unspecified atom stereocenters. The van der Waals surface area contributed by atoms with Gasteiger partial charge in [0.2, 0.25) is 0 Å². The summed E-state index contributed by atoms with van der Waals surface area (Å²) in [6.07, 6.45) is 0.207. The van der Waals surface area contributed by atoms with E-state index in [1.807, 2.05) is 0 Å². The predicted octanol–water partition coefficient (Wildman–Crippen LogP) is 6.10. The average Bonchev–Trinajstić information content (AvgIpc) is 2.46. The van der Waals surface area contributed by atoms with Gasteiger partial charge in [0.1, 0.15) is 5.75 Å². The third kappa shape index (κ3) is 4.16. The number of hydrogen-bond donors (Lipinski definition) is 0. The summed E-state index contributed by atoms with van der Waals surface area (Å²) in [5, 5.41) is 0. The summed E-state index contributed by atoms with van der Waals surface area (Å²) in [4.78, 5) is 0. The molecule has 0 amide bonds. The van der Waals surface area contributed by atoms with Crippen molar-refractivity contribution in [2.45, 2.75) is 65.4 Å². The van der Waals surface area contributed by atoms with Crippen molar-refractivity contribution in [3.05, 3.63) is 65.2 Å². The number of hydrogen-bond acceptors (Lipinski definition) is 1. The molecule has 2 rings (SSSR count). The van der Waals surface area contributed by atoms with Crippen LogP contribution >= 0.6 is 0 Å². The van der Waals surface area contributed by atoms with Crippen LogP contribution < -0.4 is 4.74 Å². The minimum absolute atomic E-state index is 0.0211. The first-order chi connectivity index (χ1) is 10.6. The first-order valence-electron chi connectivity index (χ1n) is 8.49. The molecule has 0 heterocycles. The van der Waals surface area contributed by atoms with Crippen molar-refractivity contribution in [2.24, 2.45) is 0 Å². The van der Waals surface area contributed by atoms with Gasteiger partial charge in [0.15, 0.2) is 0 Å². The van der Waals surface area contributed by atoms with Gasteiger partial charge >= 0.3 is 0 Å². The Morgan fingerprint density at radius 2 is 1.04 bits per heavy atom. The molecule has 0 spiro atoms. The molecule has 0 fully saturated rings. The molecule has 0 aliphatic rings. The molecule has 0 saturated heterocycles. The predicted molar refractivity (Wildman–Crippen MR) is 99.5 cm³/mol. The zero-order valence-electron chi connectivity index (χ0n) is 15.6. The van der Waals surface area contributed by atoms with Crippen LogP contribution in [0.4, 0.5) is 0 Å². The highest BCUT2D eigenvalue weighted by Gasteiger charge is 2.24. The fourth-order valence-electron chi connectivity index (χ4n) is 2.78. The maximum atomic E-state index is 5.74. The lowest BCUT2D eigenvalue weighted by molar-refractivity contribution is 0.242. The van der Waals surface area contributed by atoms with Gasteiger partial charge in [-0.05, 0) is 48.1 Å². The van der Waals surface area contributed by atoms with Crippen LogP contribution in [0.25, 0.3) is 0 Å². The van der Waals surface area contributed by atoms with Crippen molar-refractivity contribution in [2.75, 3.05) is 0 Å². The molecule has 0 N–H and O–H groups in total. The second-order valence-electron chi connectivity index (χ2n) is 8.14. The van der Waals surface area contributed by atoms with Gasteiger partial charge in [-0.2, -0.15) is 0 Å². The van der Waals surface area contributed by atoms with Crippen molar-refractivity contribution in [1.82, 2.24) is 0 Å². The van der Waals surface area contributed by atoms with Gasteiger partial charge in [-0.1, -0.05) is 71.0 Å². The first-order valence-corrected chi connectivity index (χ1v) is 8.49. The Morgan fingerprint density at radius 1 is 0.652 bits per heavy atom. The summed E-state index contributed by atoms with van der Waals surface area (Å²) in [5.74, 6) is 0.933. The Balaban J connectivity index is 2.27. The highest BCUT2D eigenvalue weighted by Crippen LogP contribution is 2.34. The third-order valence-corrected chi connectivity index (χ3v) is 4.42. The maximum Gasteiger partial charge on any atom is 0.119 e. The smallest absolute Gasteiger partial charge is 0.119 e. The second kappa shape index (κ2) is 6.39. The van der Waals surface area contributed by atoms with E-state index in [2.05, 4.69) is 97.0 Å². The molecule has 0 aliphatic heterocycles. The van der Waals surface area contributed by atoms with Crippen LogP contribution in [0.2, 0.25) is 0 Å². The van der Waals surface area contributed by atoms with Gasteiger partial charge in [-0.3, -0.25) is 0 Å². The molecule has 2 aromatic rings. The van der Waals surface area contributed by atoms with Crippen LogP contribution in [-0.4, -0.2) is 6.10 Å². The maximum absolute atomic E-state index is 5.74. The molecular formula is C22H30O. The molecule has 124 valence electrons. The summed E-state index contributed by atoms with van der Waals surface area (Å²) in [7, 11) is 0. The highest BCUT2D eigenvalue weighted by molar-refractivity contribution is 5.41. The van der Waals surface area contributed by atoms with E-state index in [1.165, 1.54) is 16.7 Å². The molecule has 0 aromatic heterocycles.